The fraction of sp³-hybridized carbons (Fsp3) is 0.154. The van der Waals surface area contributed by atoms with Gasteiger partial charge in [0, 0.05) is 13.1 Å². The predicted molar refractivity (Wildman–Crippen MR) is 120 cm³/mol. The molecule has 0 spiro atoms. The van der Waals surface area contributed by atoms with Gasteiger partial charge >= 0.3 is 0 Å². The van der Waals surface area contributed by atoms with Crippen molar-refractivity contribution >= 4 is 23.1 Å². The standard InChI is InChI=1S/C26H23FN2O2/c1-3-28(17-19-9-5-4-6-10-19)24-23(20-15-13-18(2)14-16-20)25(30)29(26(24)31)22-12-8-7-11-21(22)27/h4-16H,3,17H2,1-2H3. The smallest absolute Gasteiger partial charge is 0.282 e. The summed E-state index contributed by atoms with van der Waals surface area (Å²) in [5, 5.41) is 0. The first kappa shape index (κ1) is 20.5. The lowest BCUT2D eigenvalue weighted by atomic mass is 10.0. The van der Waals surface area contributed by atoms with Crippen molar-refractivity contribution in [3.8, 4) is 0 Å². The van der Waals surface area contributed by atoms with Crippen molar-refractivity contribution < 1.29 is 14.0 Å². The zero-order valence-electron chi connectivity index (χ0n) is 17.5. The SMILES string of the molecule is CCN(Cc1ccccc1)C1=C(c2ccc(C)cc2)C(=O)N(c2ccccc2F)C1=O. The Morgan fingerprint density at radius 2 is 1.48 bits per heavy atom. The number of carbonyl (C=O) groups excluding carboxylic acids is 2. The molecule has 156 valence electrons. The summed E-state index contributed by atoms with van der Waals surface area (Å²) in [5.74, 6) is -1.64. The Hall–Kier alpha value is -3.73. The van der Waals surface area contributed by atoms with Gasteiger partial charge in [0.25, 0.3) is 11.8 Å². The Balaban J connectivity index is 1.85. The maximum absolute atomic E-state index is 14.5. The van der Waals surface area contributed by atoms with E-state index in [4.69, 9.17) is 0 Å². The number of hydrogen-bond donors (Lipinski definition) is 0. The number of anilines is 1. The number of amides is 2. The van der Waals surface area contributed by atoms with Gasteiger partial charge in [-0.1, -0.05) is 72.3 Å². The third kappa shape index (κ3) is 3.87. The lowest BCUT2D eigenvalue weighted by Crippen LogP contribution is -2.35. The molecule has 0 radical (unpaired) electrons. The van der Waals surface area contributed by atoms with Crippen LogP contribution in [-0.4, -0.2) is 23.3 Å². The molecule has 0 bridgehead atoms. The largest absolute Gasteiger partial charge is 0.362 e. The molecule has 0 N–H and O–H groups in total. The molecule has 0 aliphatic carbocycles. The molecule has 3 aromatic carbocycles. The maximum atomic E-state index is 14.5. The average molecular weight is 414 g/mol. The summed E-state index contributed by atoms with van der Waals surface area (Å²) in [6.07, 6.45) is 0. The quantitative estimate of drug-likeness (QED) is 0.537. The Kier molecular flexibility index (Phi) is 5.67. The van der Waals surface area contributed by atoms with Gasteiger partial charge in [0.2, 0.25) is 0 Å². The van der Waals surface area contributed by atoms with Crippen molar-refractivity contribution in [3.05, 3.63) is 107 Å². The van der Waals surface area contributed by atoms with Crippen molar-refractivity contribution in [2.45, 2.75) is 20.4 Å². The van der Waals surface area contributed by atoms with E-state index in [2.05, 4.69) is 0 Å². The summed E-state index contributed by atoms with van der Waals surface area (Å²) in [6.45, 7) is 4.88. The second kappa shape index (κ2) is 8.56. The molecule has 0 saturated carbocycles. The molecule has 0 aromatic heterocycles. The number of hydrogen-bond acceptors (Lipinski definition) is 3. The fourth-order valence-electron chi connectivity index (χ4n) is 3.80. The molecule has 0 atom stereocenters. The van der Waals surface area contributed by atoms with Gasteiger partial charge in [-0.05, 0) is 37.1 Å². The second-order valence-electron chi connectivity index (χ2n) is 7.49. The number of imide groups is 1. The molecule has 1 aliphatic heterocycles. The van der Waals surface area contributed by atoms with Crippen LogP contribution < -0.4 is 4.90 Å². The molecule has 0 fully saturated rings. The Bertz CT molecular complexity index is 1150. The van der Waals surface area contributed by atoms with Gasteiger partial charge < -0.3 is 4.90 Å². The molecule has 4 nitrogen and oxygen atoms in total. The van der Waals surface area contributed by atoms with E-state index >= 15 is 0 Å². The van der Waals surface area contributed by atoms with Crippen LogP contribution in [0.2, 0.25) is 0 Å². The number of likely N-dealkylation sites (N-methyl/N-ethyl adjacent to an activating group) is 1. The zero-order valence-corrected chi connectivity index (χ0v) is 17.5. The highest BCUT2D eigenvalue weighted by molar-refractivity contribution is 6.45. The van der Waals surface area contributed by atoms with E-state index < -0.39 is 17.6 Å². The molecule has 31 heavy (non-hydrogen) atoms. The highest BCUT2D eigenvalue weighted by Crippen LogP contribution is 2.36. The third-order valence-corrected chi connectivity index (χ3v) is 5.41. The van der Waals surface area contributed by atoms with Crippen molar-refractivity contribution in [3.63, 3.8) is 0 Å². The van der Waals surface area contributed by atoms with E-state index in [9.17, 15) is 14.0 Å². The first-order valence-corrected chi connectivity index (χ1v) is 10.2. The Morgan fingerprint density at radius 1 is 0.839 bits per heavy atom. The summed E-state index contributed by atoms with van der Waals surface area (Å²) in [4.78, 5) is 29.9. The van der Waals surface area contributed by atoms with Crippen LogP contribution >= 0.6 is 0 Å². The van der Waals surface area contributed by atoms with Crippen molar-refractivity contribution in [2.75, 3.05) is 11.4 Å². The highest BCUT2D eigenvalue weighted by atomic mass is 19.1. The molecule has 0 unspecified atom stereocenters. The topological polar surface area (TPSA) is 40.6 Å². The minimum Gasteiger partial charge on any atom is -0.362 e. The van der Waals surface area contributed by atoms with E-state index in [1.165, 1.54) is 18.2 Å². The lowest BCUT2D eigenvalue weighted by molar-refractivity contribution is -0.120. The van der Waals surface area contributed by atoms with Crippen LogP contribution in [0.5, 0.6) is 0 Å². The van der Waals surface area contributed by atoms with Crippen LogP contribution in [0.3, 0.4) is 0 Å². The summed E-state index contributed by atoms with van der Waals surface area (Å²) in [6, 6.07) is 23.1. The normalized spacial score (nSPS) is 13.8. The molecule has 2 amide bonds. The van der Waals surface area contributed by atoms with Crippen LogP contribution in [-0.2, 0) is 16.1 Å². The maximum Gasteiger partial charge on any atom is 0.282 e. The van der Waals surface area contributed by atoms with Crippen molar-refractivity contribution in [1.82, 2.24) is 4.90 Å². The zero-order chi connectivity index (χ0) is 22.0. The predicted octanol–water partition coefficient (Wildman–Crippen LogP) is 4.94. The van der Waals surface area contributed by atoms with E-state index in [-0.39, 0.29) is 5.69 Å². The first-order valence-electron chi connectivity index (χ1n) is 10.2. The number of rotatable bonds is 6. The Morgan fingerprint density at radius 3 is 2.13 bits per heavy atom. The summed E-state index contributed by atoms with van der Waals surface area (Å²) < 4.78 is 14.5. The highest BCUT2D eigenvalue weighted by Gasteiger charge is 2.43. The summed E-state index contributed by atoms with van der Waals surface area (Å²) in [5.41, 5.74) is 3.27. The number of para-hydroxylation sites is 1. The van der Waals surface area contributed by atoms with Gasteiger partial charge in [-0.3, -0.25) is 9.59 Å². The molecule has 1 aliphatic rings. The van der Waals surface area contributed by atoms with Crippen molar-refractivity contribution in [1.29, 1.82) is 0 Å². The van der Waals surface area contributed by atoms with Crippen LogP contribution in [0, 0.1) is 12.7 Å². The fourth-order valence-corrected chi connectivity index (χ4v) is 3.80. The van der Waals surface area contributed by atoms with Gasteiger partial charge in [-0.2, -0.15) is 0 Å². The lowest BCUT2D eigenvalue weighted by Gasteiger charge is -2.25. The van der Waals surface area contributed by atoms with Crippen LogP contribution in [0.1, 0.15) is 23.6 Å². The molecular weight excluding hydrogens is 391 g/mol. The minimum atomic E-state index is -0.611. The number of benzene rings is 3. The molecule has 3 aromatic rings. The van der Waals surface area contributed by atoms with Gasteiger partial charge in [-0.25, -0.2) is 9.29 Å². The summed E-state index contributed by atoms with van der Waals surface area (Å²) in [7, 11) is 0. The van der Waals surface area contributed by atoms with Gasteiger partial charge in [0.15, 0.2) is 0 Å². The van der Waals surface area contributed by atoms with Gasteiger partial charge in [0.1, 0.15) is 11.5 Å². The Labute approximate surface area is 181 Å². The van der Waals surface area contributed by atoms with E-state index in [0.717, 1.165) is 16.0 Å². The van der Waals surface area contributed by atoms with Crippen LogP contribution in [0.15, 0.2) is 84.6 Å². The second-order valence-corrected chi connectivity index (χ2v) is 7.49. The van der Waals surface area contributed by atoms with Gasteiger partial charge in [0.05, 0.1) is 11.3 Å². The van der Waals surface area contributed by atoms with Gasteiger partial charge in [-0.15, -0.1) is 0 Å². The average Bonchev–Trinajstić information content (AvgIpc) is 3.04. The number of carbonyl (C=O) groups is 2. The molecular formula is C26H23FN2O2. The number of nitrogens with zero attached hydrogens (tertiary/aromatic N) is 2. The van der Waals surface area contributed by atoms with Crippen LogP contribution in [0.25, 0.3) is 5.57 Å². The summed E-state index contributed by atoms with van der Waals surface area (Å²) >= 11 is 0. The van der Waals surface area contributed by atoms with Crippen LogP contribution in [0.4, 0.5) is 10.1 Å². The number of aryl methyl sites for hydroxylation is 1. The minimum absolute atomic E-state index is 0.0344. The van der Waals surface area contributed by atoms with E-state index in [1.807, 2.05) is 73.3 Å². The third-order valence-electron chi connectivity index (χ3n) is 5.41. The first-order chi connectivity index (χ1) is 15.0. The molecule has 4 rings (SSSR count). The molecule has 1 heterocycles. The van der Waals surface area contributed by atoms with E-state index in [0.29, 0.717) is 29.9 Å². The molecule has 0 saturated heterocycles. The molecule has 5 heteroatoms. The monoisotopic (exact) mass is 414 g/mol. The van der Waals surface area contributed by atoms with E-state index in [1.54, 1.807) is 6.07 Å². The van der Waals surface area contributed by atoms with Crippen molar-refractivity contribution in [2.24, 2.45) is 0 Å². The number of halogens is 1.